The summed E-state index contributed by atoms with van der Waals surface area (Å²) in [5.74, 6) is 2.04. The largest absolute Gasteiger partial charge is 0.357 e. The minimum Gasteiger partial charge on any atom is -0.357 e. The van der Waals surface area contributed by atoms with Crippen LogP contribution in [-0.4, -0.2) is 16.2 Å². The number of hydrogen-bond donors (Lipinski definition) is 1. The van der Waals surface area contributed by atoms with Gasteiger partial charge in [-0.1, -0.05) is 11.3 Å². The quantitative estimate of drug-likeness (QED) is 0.887. The molecule has 2 aliphatic carbocycles. The van der Waals surface area contributed by atoms with Crippen molar-refractivity contribution in [3.63, 3.8) is 0 Å². The van der Waals surface area contributed by atoms with Gasteiger partial charge in [0.05, 0.1) is 0 Å². The maximum absolute atomic E-state index is 4.03. The van der Waals surface area contributed by atoms with Crippen LogP contribution in [0.3, 0.4) is 0 Å². The summed E-state index contributed by atoms with van der Waals surface area (Å²) in [5, 5.41) is 12.3. The molecule has 2 atom stereocenters. The average Bonchev–Trinajstić information content (AvgIpc) is 2.55. The van der Waals surface area contributed by atoms with Crippen LogP contribution in [0.25, 0.3) is 0 Å². The van der Waals surface area contributed by atoms with Crippen molar-refractivity contribution in [2.24, 2.45) is 11.8 Å². The molecule has 2 fully saturated rings. The van der Waals surface area contributed by atoms with Gasteiger partial charge in [-0.2, -0.15) is 0 Å². The third-order valence-corrected chi connectivity index (χ3v) is 4.26. The van der Waals surface area contributed by atoms with Crippen LogP contribution in [-0.2, 0) is 0 Å². The summed E-state index contributed by atoms with van der Waals surface area (Å²) < 4.78 is 0.859. The number of rotatable bonds is 2. The molecule has 5 heteroatoms. The second-order valence-corrected chi connectivity index (χ2v) is 6.18. The van der Waals surface area contributed by atoms with Crippen LogP contribution < -0.4 is 5.32 Å². The van der Waals surface area contributed by atoms with Crippen LogP contribution in [0.1, 0.15) is 19.3 Å². The molecule has 2 saturated carbocycles. The molecule has 13 heavy (non-hydrogen) atoms. The Hall–Kier alpha value is -0.160. The maximum Gasteiger partial charge on any atom is 0.206 e. The molecular formula is C8H10BrN3S. The first-order valence-electron chi connectivity index (χ1n) is 4.57. The van der Waals surface area contributed by atoms with Crippen molar-refractivity contribution in [1.82, 2.24) is 10.2 Å². The minimum absolute atomic E-state index is 0.656. The molecule has 0 aromatic carbocycles. The molecule has 0 amide bonds. The molecule has 3 rings (SSSR count). The molecule has 2 aliphatic rings. The lowest BCUT2D eigenvalue weighted by Gasteiger charge is -2.11. The van der Waals surface area contributed by atoms with Crippen molar-refractivity contribution in [3.8, 4) is 0 Å². The Balaban J connectivity index is 1.63. The van der Waals surface area contributed by atoms with Crippen molar-refractivity contribution in [3.05, 3.63) is 3.92 Å². The molecular weight excluding hydrogens is 250 g/mol. The molecule has 0 saturated heterocycles. The molecule has 1 aromatic rings. The van der Waals surface area contributed by atoms with Gasteiger partial charge in [-0.3, -0.25) is 0 Å². The lowest BCUT2D eigenvalue weighted by Crippen LogP contribution is -2.16. The van der Waals surface area contributed by atoms with E-state index in [4.69, 9.17) is 0 Å². The Kier molecular flexibility index (Phi) is 1.83. The number of fused-ring (bicyclic) bond motifs is 1. The summed E-state index contributed by atoms with van der Waals surface area (Å²) in [6.45, 7) is 0. The Morgan fingerprint density at radius 3 is 2.62 bits per heavy atom. The molecule has 0 spiro atoms. The van der Waals surface area contributed by atoms with E-state index in [1.807, 2.05) is 0 Å². The van der Waals surface area contributed by atoms with E-state index in [9.17, 15) is 0 Å². The monoisotopic (exact) mass is 259 g/mol. The summed E-state index contributed by atoms with van der Waals surface area (Å²) in [4.78, 5) is 0. The lowest BCUT2D eigenvalue weighted by molar-refractivity contribution is 0.650. The zero-order chi connectivity index (χ0) is 8.84. The fraction of sp³-hybridized carbons (Fsp3) is 0.750. The van der Waals surface area contributed by atoms with Crippen LogP contribution in [0.5, 0.6) is 0 Å². The van der Waals surface area contributed by atoms with E-state index in [1.54, 1.807) is 11.3 Å². The van der Waals surface area contributed by atoms with Gasteiger partial charge in [0.2, 0.25) is 5.13 Å². The number of halogens is 1. The van der Waals surface area contributed by atoms with Crippen LogP contribution in [0.15, 0.2) is 3.92 Å². The molecule has 2 unspecified atom stereocenters. The van der Waals surface area contributed by atoms with Gasteiger partial charge in [-0.25, -0.2) is 0 Å². The zero-order valence-electron chi connectivity index (χ0n) is 7.03. The highest BCUT2D eigenvalue weighted by atomic mass is 79.9. The molecule has 0 bridgehead atoms. The van der Waals surface area contributed by atoms with Gasteiger partial charge < -0.3 is 5.32 Å². The highest BCUT2D eigenvalue weighted by Gasteiger charge is 2.45. The summed E-state index contributed by atoms with van der Waals surface area (Å²) in [7, 11) is 0. The number of hydrogen-bond acceptors (Lipinski definition) is 4. The van der Waals surface area contributed by atoms with E-state index in [0.29, 0.717) is 6.04 Å². The van der Waals surface area contributed by atoms with Gasteiger partial charge in [0.25, 0.3) is 0 Å². The Morgan fingerprint density at radius 2 is 2.00 bits per heavy atom. The molecule has 1 heterocycles. The topological polar surface area (TPSA) is 37.8 Å². The zero-order valence-corrected chi connectivity index (χ0v) is 9.44. The number of nitrogens with zero attached hydrogens (tertiary/aromatic N) is 2. The van der Waals surface area contributed by atoms with Crippen molar-refractivity contribution in [2.45, 2.75) is 25.3 Å². The smallest absolute Gasteiger partial charge is 0.206 e. The fourth-order valence-electron chi connectivity index (χ4n) is 2.27. The van der Waals surface area contributed by atoms with Crippen LogP contribution in [0.4, 0.5) is 5.13 Å². The van der Waals surface area contributed by atoms with Crippen LogP contribution >= 0.6 is 27.3 Å². The molecule has 70 valence electrons. The van der Waals surface area contributed by atoms with Gasteiger partial charge in [0, 0.05) is 6.04 Å². The van der Waals surface area contributed by atoms with Gasteiger partial charge in [0.1, 0.15) is 0 Å². The summed E-state index contributed by atoms with van der Waals surface area (Å²) >= 11 is 4.88. The highest BCUT2D eigenvalue weighted by Crippen LogP contribution is 2.52. The first kappa shape index (κ1) is 8.17. The number of aromatic nitrogens is 2. The lowest BCUT2D eigenvalue weighted by atomic mass is 10.2. The summed E-state index contributed by atoms with van der Waals surface area (Å²) in [6.07, 6.45) is 4.14. The van der Waals surface area contributed by atoms with E-state index in [2.05, 4.69) is 31.4 Å². The molecule has 1 aromatic heterocycles. The molecule has 0 radical (unpaired) electrons. The van der Waals surface area contributed by atoms with Crippen LogP contribution in [0, 0.1) is 11.8 Å². The number of nitrogens with one attached hydrogen (secondary N) is 1. The summed E-state index contributed by atoms with van der Waals surface area (Å²) in [6, 6.07) is 0.656. The predicted octanol–water partition coefficient (Wildman–Crippen LogP) is 2.51. The SMILES string of the molecule is Brc1nnc(NC2CC3CC3C2)s1. The van der Waals surface area contributed by atoms with E-state index >= 15 is 0 Å². The Bertz CT molecular complexity index is 317. The molecule has 0 aliphatic heterocycles. The van der Waals surface area contributed by atoms with Gasteiger partial charge in [-0.05, 0) is 47.0 Å². The van der Waals surface area contributed by atoms with E-state index in [-0.39, 0.29) is 0 Å². The first-order valence-corrected chi connectivity index (χ1v) is 6.18. The normalized spacial score (nSPS) is 35.9. The van der Waals surface area contributed by atoms with Crippen molar-refractivity contribution in [1.29, 1.82) is 0 Å². The molecule has 3 nitrogen and oxygen atoms in total. The van der Waals surface area contributed by atoms with E-state index in [0.717, 1.165) is 20.9 Å². The first-order chi connectivity index (χ1) is 6.31. The second-order valence-electron chi connectivity index (χ2n) is 3.93. The van der Waals surface area contributed by atoms with Gasteiger partial charge in [0.15, 0.2) is 3.92 Å². The minimum atomic E-state index is 0.656. The fourth-order valence-corrected chi connectivity index (χ4v) is 3.36. The van der Waals surface area contributed by atoms with Gasteiger partial charge in [-0.15, -0.1) is 10.2 Å². The third kappa shape index (κ3) is 1.59. The maximum atomic E-state index is 4.03. The average molecular weight is 260 g/mol. The second kappa shape index (κ2) is 2.92. The standard InChI is InChI=1S/C8H10BrN3S/c9-7-11-12-8(13-7)10-6-2-4-1-5(4)3-6/h4-6H,1-3H2,(H,10,12). The Labute approximate surface area is 89.1 Å². The van der Waals surface area contributed by atoms with E-state index < -0.39 is 0 Å². The molecule has 1 N–H and O–H groups in total. The third-order valence-electron chi connectivity index (χ3n) is 2.97. The highest BCUT2D eigenvalue weighted by molar-refractivity contribution is 9.11. The van der Waals surface area contributed by atoms with Gasteiger partial charge >= 0.3 is 0 Å². The van der Waals surface area contributed by atoms with Crippen LogP contribution in [0.2, 0.25) is 0 Å². The Morgan fingerprint density at radius 1 is 1.23 bits per heavy atom. The number of anilines is 1. The van der Waals surface area contributed by atoms with Crippen molar-refractivity contribution in [2.75, 3.05) is 5.32 Å². The van der Waals surface area contributed by atoms with Crippen molar-refractivity contribution >= 4 is 32.4 Å². The predicted molar refractivity (Wildman–Crippen MR) is 55.9 cm³/mol. The van der Waals surface area contributed by atoms with Crippen molar-refractivity contribution < 1.29 is 0 Å². The van der Waals surface area contributed by atoms with E-state index in [1.165, 1.54) is 19.3 Å². The summed E-state index contributed by atoms with van der Waals surface area (Å²) in [5.41, 5.74) is 0.